The molecule has 6 heteroatoms. The summed E-state index contributed by atoms with van der Waals surface area (Å²) in [5.41, 5.74) is 0.362. The number of nitrogens with zero attached hydrogens (tertiary/aromatic N) is 1. The predicted molar refractivity (Wildman–Crippen MR) is 65.3 cm³/mol. The van der Waals surface area contributed by atoms with E-state index in [0.717, 1.165) is 6.08 Å². The number of hydrogen-bond donors (Lipinski definition) is 1. The van der Waals surface area contributed by atoms with Crippen LogP contribution >= 0.6 is 0 Å². The van der Waals surface area contributed by atoms with Crippen LogP contribution in [0.15, 0.2) is 41.0 Å². The second-order valence-corrected chi connectivity index (χ2v) is 4.09. The van der Waals surface area contributed by atoms with Crippen molar-refractivity contribution in [2.45, 2.75) is 6.18 Å². The van der Waals surface area contributed by atoms with Crippen molar-refractivity contribution in [3.63, 3.8) is 0 Å². The van der Waals surface area contributed by atoms with Crippen molar-refractivity contribution >= 4 is 5.71 Å². The Labute approximate surface area is 108 Å². The number of aliphatic imine (C=N–C) groups is 1. The molecule has 19 heavy (non-hydrogen) atoms. The highest BCUT2D eigenvalue weighted by Crippen LogP contribution is 2.22. The van der Waals surface area contributed by atoms with Crippen LogP contribution in [0.2, 0.25) is 0 Å². The van der Waals surface area contributed by atoms with E-state index in [0.29, 0.717) is 30.1 Å². The summed E-state index contributed by atoms with van der Waals surface area (Å²) in [6, 6.07) is 6.81. The Bertz CT molecular complexity index is 504. The van der Waals surface area contributed by atoms with E-state index >= 15 is 0 Å². The maximum absolute atomic E-state index is 12.8. The van der Waals surface area contributed by atoms with E-state index in [1.165, 1.54) is 12.4 Å². The highest BCUT2D eigenvalue weighted by atomic mass is 19.4. The number of alkyl halides is 3. The molecular formula is C13H14F3N2O+. The Morgan fingerprint density at radius 2 is 1.89 bits per heavy atom. The fraction of sp³-hybridized carbons (Fsp3) is 0.308. The van der Waals surface area contributed by atoms with Gasteiger partial charge in [-0.05, 0) is 24.3 Å². The number of ether oxygens (including phenoxy) is 1. The first-order chi connectivity index (χ1) is 9.00. The molecule has 0 amide bonds. The highest BCUT2D eigenvalue weighted by molar-refractivity contribution is 6.09. The Kier molecular flexibility index (Phi) is 3.90. The van der Waals surface area contributed by atoms with Crippen LogP contribution in [0.4, 0.5) is 13.2 Å². The smallest absolute Gasteiger partial charge is 0.466 e. The van der Waals surface area contributed by atoms with Gasteiger partial charge < -0.3 is 10.1 Å². The van der Waals surface area contributed by atoms with Gasteiger partial charge in [-0.25, -0.2) is 0 Å². The molecule has 1 aromatic rings. The van der Waals surface area contributed by atoms with E-state index in [4.69, 9.17) is 4.74 Å². The number of methoxy groups -OCH3 is 1. The summed E-state index contributed by atoms with van der Waals surface area (Å²) in [5.74, 6) is 0.657. The summed E-state index contributed by atoms with van der Waals surface area (Å²) >= 11 is 0. The predicted octanol–water partition coefficient (Wildman–Crippen LogP) is 1.51. The molecule has 0 unspecified atom stereocenters. The van der Waals surface area contributed by atoms with Crippen LogP contribution in [-0.2, 0) is 0 Å². The Balaban J connectivity index is 2.32. The van der Waals surface area contributed by atoms with Gasteiger partial charge in [0.2, 0.25) is 5.70 Å². The quantitative estimate of drug-likeness (QED) is 0.870. The molecule has 0 saturated carbocycles. The standard InChI is InChI=1S/C13H13F3N2O/c1-19-10-4-2-9(3-5-10)11-8-12(13(14,15)16)18-7-6-17-11/h2-5,8,18H,6-7H2,1H3/p+1. The summed E-state index contributed by atoms with van der Waals surface area (Å²) in [6.07, 6.45) is -3.24. The fourth-order valence-corrected chi connectivity index (χ4v) is 1.79. The van der Waals surface area contributed by atoms with Gasteiger partial charge in [0.15, 0.2) is 0 Å². The molecule has 0 atom stereocenters. The van der Waals surface area contributed by atoms with E-state index in [9.17, 15) is 13.2 Å². The summed E-state index contributed by atoms with van der Waals surface area (Å²) in [7, 11) is 1.54. The molecule has 0 radical (unpaired) electrons. The maximum atomic E-state index is 12.8. The molecule has 1 aliphatic rings. The first-order valence-electron chi connectivity index (χ1n) is 5.81. The number of hydrogen-bond acceptors (Lipinski definition) is 2. The highest BCUT2D eigenvalue weighted by Gasteiger charge is 2.38. The molecule has 1 aromatic carbocycles. The number of nitrogens with two attached hydrogens (primary N) is 1. The Morgan fingerprint density at radius 1 is 1.21 bits per heavy atom. The minimum absolute atomic E-state index is 0.297. The monoisotopic (exact) mass is 271 g/mol. The molecule has 2 N–H and O–H groups in total. The second kappa shape index (κ2) is 5.44. The topological polar surface area (TPSA) is 38.2 Å². The molecule has 0 aliphatic carbocycles. The zero-order chi connectivity index (χ0) is 13.9. The number of benzene rings is 1. The van der Waals surface area contributed by atoms with Crippen molar-refractivity contribution in [2.75, 3.05) is 20.2 Å². The van der Waals surface area contributed by atoms with Crippen molar-refractivity contribution in [1.29, 1.82) is 0 Å². The van der Waals surface area contributed by atoms with Gasteiger partial charge in [0, 0.05) is 11.6 Å². The van der Waals surface area contributed by atoms with Crippen LogP contribution in [0.25, 0.3) is 0 Å². The van der Waals surface area contributed by atoms with E-state index in [2.05, 4.69) is 4.99 Å². The number of rotatable bonds is 2. The average molecular weight is 271 g/mol. The summed E-state index contributed by atoms with van der Waals surface area (Å²) in [5, 5.41) is 1.18. The van der Waals surface area contributed by atoms with Gasteiger partial charge in [-0.3, -0.25) is 4.99 Å². The zero-order valence-corrected chi connectivity index (χ0v) is 10.4. The van der Waals surface area contributed by atoms with Gasteiger partial charge in [0.25, 0.3) is 0 Å². The molecule has 1 aliphatic heterocycles. The third-order valence-corrected chi connectivity index (χ3v) is 2.78. The van der Waals surface area contributed by atoms with Crippen molar-refractivity contribution < 1.29 is 23.2 Å². The number of halogens is 3. The largest absolute Gasteiger partial charge is 0.497 e. The van der Waals surface area contributed by atoms with Crippen LogP contribution in [0.5, 0.6) is 5.75 Å². The van der Waals surface area contributed by atoms with Crippen molar-refractivity contribution in [3.8, 4) is 5.75 Å². The molecule has 0 fully saturated rings. The van der Waals surface area contributed by atoms with E-state index < -0.39 is 11.9 Å². The first kappa shape index (κ1) is 13.6. The minimum Gasteiger partial charge on any atom is -0.497 e. The van der Waals surface area contributed by atoms with Crippen molar-refractivity contribution in [2.24, 2.45) is 4.99 Å². The molecule has 0 spiro atoms. The lowest BCUT2D eigenvalue weighted by Gasteiger charge is -2.07. The van der Waals surface area contributed by atoms with Crippen LogP contribution in [0.3, 0.4) is 0 Å². The third-order valence-electron chi connectivity index (χ3n) is 2.78. The van der Waals surface area contributed by atoms with Gasteiger partial charge in [0.1, 0.15) is 12.3 Å². The SMILES string of the molecule is COc1ccc(C2=NCC[NH2+]C(C(F)(F)F)=C2)cc1. The maximum Gasteiger partial charge on any atom is 0.466 e. The first-order valence-corrected chi connectivity index (χ1v) is 5.81. The van der Waals surface area contributed by atoms with Crippen LogP contribution in [0, 0.1) is 0 Å². The molecule has 1 heterocycles. The lowest BCUT2D eigenvalue weighted by Crippen LogP contribution is -2.85. The van der Waals surface area contributed by atoms with E-state index in [-0.39, 0.29) is 0 Å². The lowest BCUT2D eigenvalue weighted by molar-refractivity contribution is -0.622. The van der Waals surface area contributed by atoms with Gasteiger partial charge in [-0.1, -0.05) is 0 Å². The minimum atomic E-state index is -4.34. The van der Waals surface area contributed by atoms with Gasteiger partial charge >= 0.3 is 6.18 Å². The van der Waals surface area contributed by atoms with Gasteiger partial charge in [-0.2, -0.15) is 13.2 Å². The van der Waals surface area contributed by atoms with E-state index in [1.54, 1.807) is 24.3 Å². The molecule has 0 aromatic heterocycles. The molecular weight excluding hydrogens is 257 g/mol. The van der Waals surface area contributed by atoms with Gasteiger partial charge in [0.05, 0.1) is 19.4 Å². The zero-order valence-electron chi connectivity index (χ0n) is 10.4. The second-order valence-electron chi connectivity index (χ2n) is 4.09. The number of allylic oxidation sites excluding steroid dienone is 2. The Morgan fingerprint density at radius 3 is 2.47 bits per heavy atom. The molecule has 0 bridgehead atoms. The van der Waals surface area contributed by atoms with Crippen molar-refractivity contribution in [1.82, 2.24) is 0 Å². The van der Waals surface area contributed by atoms with Crippen LogP contribution < -0.4 is 10.1 Å². The van der Waals surface area contributed by atoms with Crippen molar-refractivity contribution in [3.05, 3.63) is 41.6 Å². The van der Waals surface area contributed by atoms with Gasteiger partial charge in [-0.15, -0.1) is 0 Å². The fourth-order valence-electron chi connectivity index (χ4n) is 1.79. The van der Waals surface area contributed by atoms with E-state index in [1.807, 2.05) is 0 Å². The lowest BCUT2D eigenvalue weighted by atomic mass is 10.1. The molecule has 102 valence electrons. The number of quaternary nitrogens is 1. The normalized spacial score (nSPS) is 16.4. The molecule has 2 rings (SSSR count). The van der Waals surface area contributed by atoms with Crippen LogP contribution in [0.1, 0.15) is 5.56 Å². The summed E-state index contributed by atoms with van der Waals surface area (Å²) in [4.78, 5) is 4.18. The average Bonchev–Trinajstić information content (AvgIpc) is 2.64. The van der Waals surface area contributed by atoms with Crippen LogP contribution in [-0.4, -0.2) is 32.1 Å². The Hall–Kier alpha value is -1.82. The molecule has 3 nitrogen and oxygen atoms in total. The molecule has 0 saturated heterocycles. The summed E-state index contributed by atoms with van der Waals surface area (Å²) in [6.45, 7) is 0.655. The summed E-state index contributed by atoms with van der Waals surface area (Å²) < 4.78 is 43.3. The third kappa shape index (κ3) is 3.35.